The Kier molecular flexibility index (Phi) is 4.06. The lowest BCUT2D eigenvalue weighted by Crippen LogP contribution is -2.58. The van der Waals surface area contributed by atoms with E-state index in [2.05, 4.69) is 5.32 Å². The lowest BCUT2D eigenvalue weighted by Gasteiger charge is -2.30. The van der Waals surface area contributed by atoms with Gasteiger partial charge in [0.15, 0.2) is 0 Å². The fraction of sp³-hybridized carbons (Fsp3) is 0.273. The van der Waals surface area contributed by atoms with Crippen molar-refractivity contribution >= 4 is 45.0 Å². The molecule has 1 heterocycles. The number of carbonyl (C=O) groups is 2. The first kappa shape index (κ1) is 15.2. The van der Waals surface area contributed by atoms with Crippen molar-refractivity contribution in [2.45, 2.75) is 17.9 Å². The van der Waals surface area contributed by atoms with E-state index >= 15 is 0 Å². The minimum absolute atomic E-state index is 0.150. The molecule has 1 atom stereocenters. The molecule has 1 aromatic rings. The molecule has 2 amide bonds. The normalized spacial score (nSPS) is 20.9. The number of nitrogens with zero attached hydrogens (tertiary/aromatic N) is 1. The molecule has 9 heteroatoms. The summed E-state index contributed by atoms with van der Waals surface area (Å²) in [5, 5.41) is 2.37. The number of benzene rings is 1. The molecule has 0 spiro atoms. The van der Waals surface area contributed by atoms with Crippen LogP contribution in [0, 0.1) is 0 Å². The zero-order valence-electron chi connectivity index (χ0n) is 10.3. The summed E-state index contributed by atoms with van der Waals surface area (Å²) in [6.07, 6.45) is 0. The first-order valence-electron chi connectivity index (χ1n) is 5.53. The molecule has 6 nitrogen and oxygen atoms in total. The molecule has 0 saturated carbocycles. The summed E-state index contributed by atoms with van der Waals surface area (Å²) in [5.74, 6) is -1.34. The molecule has 0 aromatic heterocycles. The molecule has 1 aliphatic heterocycles. The third kappa shape index (κ3) is 2.80. The second-order valence-electron chi connectivity index (χ2n) is 4.24. The minimum Gasteiger partial charge on any atom is -0.294 e. The van der Waals surface area contributed by atoms with E-state index in [1.807, 2.05) is 0 Å². The van der Waals surface area contributed by atoms with Gasteiger partial charge in [-0.3, -0.25) is 14.9 Å². The highest BCUT2D eigenvalue weighted by Crippen LogP contribution is 2.26. The topological polar surface area (TPSA) is 83.6 Å². The summed E-state index contributed by atoms with van der Waals surface area (Å²) in [6, 6.07) is 2.83. The first-order valence-corrected chi connectivity index (χ1v) is 7.73. The van der Waals surface area contributed by atoms with Crippen LogP contribution in [0.5, 0.6) is 0 Å². The van der Waals surface area contributed by atoms with Crippen molar-refractivity contribution in [3.63, 3.8) is 0 Å². The van der Waals surface area contributed by atoms with Gasteiger partial charge in [-0.15, -0.1) is 0 Å². The Labute approximate surface area is 125 Å². The van der Waals surface area contributed by atoms with Gasteiger partial charge in [0.2, 0.25) is 21.8 Å². The zero-order chi connectivity index (χ0) is 15.1. The van der Waals surface area contributed by atoms with E-state index < -0.39 is 34.4 Å². The van der Waals surface area contributed by atoms with Crippen LogP contribution in [-0.2, 0) is 19.6 Å². The summed E-state index contributed by atoms with van der Waals surface area (Å²) in [4.78, 5) is 22.7. The Morgan fingerprint density at radius 1 is 1.20 bits per heavy atom. The van der Waals surface area contributed by atoms with Crippen LogP contribution in [0.15, 0.2) is 23.1 Å². The number of hydrogen-bond acceptors (Lipinski definition) is 4. The zero-order valence-corrected chi connectivity index (χ0v) is 12.6. The van der Waals surface area contributed by atoms with Gasteiger partial charge in [-0.25, -0.2) is 8.42 Å². The molecule has 20 heavy (non-hydrogen) atoms. The molecule has 0 radical (unpaired) electrons. The highest BCUT2D eigenvalue weighted by molar-refractivity contribution is 7.89. The van der Waals surface area contributed by atoms with E-state index in [1.165, 1.54) is 25.1 Å². The van der Waals surface area contributed by atoms with Crippen LogP contribution < -0.4 is 5.32 Å². The number of sulfonamides is 1. The molecule has 1 fully saturated rings. The Hall–Kier alpha value is -1.15. The fourth-order valence-corrected chi connectivity index (χ4v) is 4.07. The van der Waals surface area contributed by atoms with E-state index in [4.69, 9.17) is 23.2 Å². The van der Waals surface area contributed by atoms with E-state index in [0.29, 0.717) is 0 Å². The van der Waals surface area contributed by atoms with Crippen LogP contribution in [-0.4, -0.2) is 37.1 Å². The van der Waals surface area contributed by atoms with Crippen molar-refractivity contribution < 1.29 is 18.0 Å². The van der Waals surface area contributed by atoms with Crippen molar-refractivity contribution in [2.24, 2.45) is 0 Å². The van der Waals surface area contributed by atoms with Gasteiger partial charge in [-0.1, -0.05) is 23.2 Å². The van der Waals surface area contributed by atoms with Crippen LogP contribution in [0.25, 0.3) is 0 Å². The molecular formula is C11H10Cl2N2O4S. The van der Waals surface area contributed by atoms with E-state index in [9.17, 15) is 18.0 Å². The largest absolute Gasteiger partial charge is 0.294 e. The van der Waals surface area contributed by atoms with E-state index in [-0.39, 0.29) is 14.9 Å². The van der Waals surface area contributed by atoms with Crippen LogP contribution >= 0.6 is 23.2 Å². The van der Waals surface area contributed by atoms with Crippen molar-refractivity contribution in [2.75, 3.05) is 6.54 Å². The van der Waals surface area contributed by atoms with Gasteiger partial charge in [-0.05, 0) is 25.1 Å². The van der Waals surface area contributed by atoms with Crippen molar-refractivity contribution in [1.82, 2.24) is 9.62 Å². The lowest BCUT2D eigenvalue weighted by atomic mass is 10.2. The number of rotatable bonds is 2. The molecule has 2 rings (SSSR count). The van der Waals surface area contributed by atoms with Gasteiger partial charge in [0.05, 0.1) is 11.4 Å². The second kappa shape index (κ2) is 5.33. The lowest BCUT2D eigenvalue weighted by molar-refractivity contribution is -0.136. The fourth-order valence-electron chi connectivity index (χ4n) is 1.80. The van der Waals surface area contributed by atoms with Gasteiger partial charge < -0.3 is 0 Å². The number of imide groups is 1. The Bertz CT molecular complexity index is 669. The number of piperazine rings is 1. The van der Waals surface area contributed by atoms with Crippen LogP contribution in [0.2, 0.25) is 10.0 Å². The van der Waals surface area contributed by atoms with Crippen LogP contribution in [0.1, 0.15) is 6.92 Å². The van der Waals surface area contributed by atoms with Crippen molar-refractivity contribution in [3.8, 4) is 0 Å². The molecule has 1 aromatic carbocycles. The first-order chi connectivity index (χ1) is 9.21. The van der Waals surface area contributed by atoms with E-state index in [1.54, 1.807) is 0 Å². The molecule has 1 aliphatic rings. The van der Waals surface area contributed by atoms with Gasteiger partial charge in [0.1, 0.15) is 6.04 Å². The Balaban J connectivity index is 2.48. The molecule has 108 valence electrons. The van der Waals surface area contributed by atoms with E-state index in [0.717, 1.165) is 4.31 Å². The number of hydrogen-bond donors (Lipinski definition) is 1. The maximum absolute atomic E-state index is 12.5. The molecule has 1 unspecified atom stereocenters. The highest BCUT2D eigenvalue weighted by atomic mass is 35.5. The van der Waals surface area contributed by atoms with Gasteiger partial charge >= 0.3 is 0 Å². The molecule has 1 N–H and O–H groups in total. The van der Waals surface area contributed by atoms with Crippen LogP contribution in [0.4, 0.5) is 0 Å². The predicted molar refractivity (Wildman–Crippen MR) is 73.0 cm³/mol. The summed E-state index contributed by atoms with van der Waals surface area (Å²) in [5.41, 5.74) is 0. The SMILES string of the molecule is CC1C(=O)NC(=O)CN1S(=O)(=O)c1cc(Cl)cc(Cl)c1. The van der Waals surface area contributed by atoms with Gasteiger partial charge in [0, 0.05) is 10.0 Å². The van der Waals surface area contributed by atoms with Gasteiger partial charge in [-0.2, -0.15) is 4.31 Å². The number of halogens is 2. The third-order valence-electron chi connectivity index (χ3n) is 2.82. The van der Waals surface area contributed by atoms with Gasteiger partial charge in [0.25, 0.3) is 0 Å². The van der Waals surface area contributed by atoms with Crippen molar-refractivity contribution in [1.29, 1.82) is 0 Å². The van der Waals surface area contributed by atoms with Crippen molar-refractivity contribution in [3.05, 3.63) is 28.2 Å². The third-order valence-corrected chi connectivity index (χ3v) is 5.15. The summed E-state index contributed by atoms with van der Waals surface area (Å²) in [7, 11) is -4.04. The molecule has 0 aliphatic carbocycles. The number of nitrogens with one attached hydrogen (secondary N) is 1. The average Bonchev–Trinajstić information content (AvgIpc) is 2.32. The van der Waals surface area contributed by atoms with Crippen LogP contribution in [0.3, 0.4) is 0 Å². The molecule has 1 saturated heterocycles. The Morgan fingerprint density at radius 2 is 1.75 bits per heavy atom. The minimum atomic E-state index is -4.04. The predicted octanol–water partition coefficient (Wildman–Crippen LogP) is 1.03. The maximum atomic E-state index is 12.5. The number of carbonyl (C=O) groups excluding carboxylic acids is 2. The summed E-state index contributed by atoms with van der Waals surface area (Å²) < 4.78 is 25.8. The second-order valence-corrected chi connectivity index (χ2v) is 7.01. The standard InChI is InChI=1S/C11H10Cl2N2O4S/c1-6-11(17)14-10(16)5-15(6)20(18,19)9-3-7(12)2-8(13)4-9/h2-4,6H,5H2,1H3,(H,14,16,17). The molecule has 0 bridgehead atoms. The monoisotopic (exact) mass is 336 g/mol. The quantitative estimate of drug-likeness (QED) is 0.817. The molecular weight excluding hydrogens is 327 g/mol. The smallest absolute Gasteiger partial charge is 0.244 e. The maximum Gasteiger partial charge on any atom is 0.244 e. The summed E-state index contributed by atoms with van der Waals surface area (Å²) in [6.45, 7) is 0.963. The highest BCUT2D eigenvalue weighted by Gasteiger charge is 2.39. The number of amides is 2. The summed E-state index contributed by atoms with van der Waals surface area (Å²) >= 11 is 11.6. The average molecular weight is 337 g/mol. The Morgan fingerprint density at radius 3 is 2.30 bits per heavy atom.